The minimum absolute atomic E-state index is 0.0813. The van der Waals surface area contributed by atoms with Gasteiger partial charge in [-0.05, 0) is 31.0 Å². The van der Waals surface area contributed by atoms with Crippen molar-refractivity contribution in [1.29, 1.82) is 0 Å². The summed E-state index contributed by atoms with van der Waals surface area (Å²) in [5, 5.41) is 12.4. The fourth-order valence-corrected chi connectivity index (χ4v) is 2.27. The molecule has 0 aliphatic carbocycles. The van der Waals surface area contributed by atoms with E-state index < -0.39 is 6.04 Å². The largest absolute Gasteiger partial charge is 0.508 e. The van der Waals surface area contributed by atoms with Crippen molar-refractivity contribution >= 4 is 11.8 Å². The van der Waals surface area contributed by atoms with Gasteiger partial charge in [-0.1, -0.05) is 12.1 Å². The maximum Gasteiger partial charge on any atom is 0.246 e. The number of imide groups is 1. The molecule has 1 saturated heterocycles. The molecule has 2 unspecified atom stereocenters. The number of phenolic OH excluding ortho intramolecular Hbond substituents is 1. The molecule has 19 heavy (non-hydrogen) atoms. The molecule has 1 aliphatic rings. The predicted molar refractivity (Wildman–Crippen MR) is 70.6 cm³/mol. The maximum atomic E-state index is 11.8. The molecular formula is C14H18N2O3. The van der Waals surface area contributed by atoms with Gasteiger partial charge in [0, 0.05) is 13.1 Å². The standard InChI is InChI=1S/C14H18N2O3/c1-9(7-10-3-5-11(17)6-4-10)15-12-8-13(18)16(2)14(12)19/h3-6,9,12,15,17H,7-8H2,1-2H3. The number of nitrogens with one attached hydrogen (secondary N) is 1. The maximum absolute atomic E-state index is 11.8. The first-order valence-corrected chi connectivity index (χ1v) is 6.31. The van der Waals surface area contributed by atoms with E-state index in [9.17, 15) is 14.7 Å². The molecule has 5 heteroatoms. The van der Waals surface area contributed by atoms with Gasteiger partial charge in [0.1, 0.15) is 5.75 Å². The zero-order chi connectivity index (χ0) is 14.0. The lowest BCUT2D eigenvalue weighted by molar-refractivity contribution is -0.137. The topological polar surface area (TPSA) is 69.6 Å². The van der Waals surface area contributed by atoms with Crippen molar-refractivity contribution in [2.75, 3.05) is 7.05 Å². The van der Waals surface area contributed by atoms with Crippen LogP contribution in [0, 0.1) is 0 Å². The average molecular weight is 262 g/mol. The first-order chi connectivity index (χ1) is 8.97. The zero-order valence-corrected chi connectivity index (χ0v) is 11.1. The van der Waals surface area contributed by atoms with Crippen molar-refractivity contribution < 1.29 is 14.7 Å². The van der Waals surface area contributed by atoms with Crippen molar-refractivity contribution in [1.82, 2.24) is 10.2 Å². The van der Waals surface area contributed by atoms with Crippen LogP contribution in [0.15, 0.2) is 24.3 Å². The van der Waals surface area contributed by atoms with Crippen molar-refractivity contribution in [3.05, 3.63) is 29.8 Å². The van der Waals surface area contributed by atoms with Gasteiger partial charge in [0.25, 0.3) is 0 Å². The van der Waals surface area contributed by atoms with Crippen LogP contribution in [0.2, 0.25) is 0 Å². The highest BCUT2D eigenvalue weighted by Gasteiger charge is 2.36. The number of rotatable bonds is 4. The summed E-state index contributed by atoms with van der Waals surface area (Å²) in [6.45, 7) is 1.98. The second-order valence-corrected chi connectivity index (χ2v) is 4.99. The van der Waals surface area contributed by atoms with Crippen LogP contribution < -0.4 is 5.32 Å². The Morgan fingerprint density at radius 1 is 1.37 bits per heavy atom. The first kappa shape index (κ1) is 13.5. The molecule has 0 bridgehead atoms. The molecule has 0 saturated carbocycles. The number of benzene rings is 1. The number of likely N-dealkylation sites (N-methyl/N-ethyl adjacent to an activating group) is 1. The molecule has 1 fully saturated rings. The SMILES string of the molecule is CC(Cc1ccc(O)cc1)NC1CC(=O)N(C)C1=O. The van der Waals surface area contributed by atoms with E-state index in [4.69, 9.17) is 0 Å². The van der Waals surface area contributed by atoms with Crippen LogP contribution >= 0.6 is 0 Å². The molecule has 2 atom stereocenters. The Bertz CT molecular complexity index is 484. The van der Waals surface area contributed by atoms with Crippen LogP contribution in [0.4, 0.5) is 0 Å². The Kier molecular flexibility index (Phi) is 3.85. The van der Waals surface area contributed by atoms with Crippen LogP contribution in [0.25, 0.3) is 0 Å². The number of hydrogen-bond donors (Lipinski definition) is 2. The molecule has 1 aliphatic heterocycles. The number of carbonyl (C=O) groups excluding carboxylic acids is 2. The Morgan fingerprint density at radius 3 is 2.53 bits per heavy atom. The van der Waals surface area contributed by atoms with Gasteiger partial charge < -0.3 is 10.4 Å². The third-order valence-electron chi connectivity index (χ3n) is 3.35. The molecule has 1 aromatic rings. The van der Waals surface area contributed by atoms with Crippen molar-refractivity contribution in [3.63, 3.8) is 0 Å². The van der Waals surface area contributed by atoms with Crippen molar-refractivity contribution in [2.24, 2.45) is 0 Å². The summed E-state index contributed by atoms with van der Waals surface area (Å²) in [5.41, 5.74) is 1.07. The molecule has 0 spiro atoms. The Hall–Kier alpha value is -1.88. The van der Waals surface area contributed by atoms with Gasteiger partial charge in [0.15, 0.2) is 0 Å². The van der Waals surface area contributed by atoms with Crippen LogP contribution in [0.3, 0.4) is 0 Å². The molecule has 1 heterocycles. The molecule has 2 amide bonds. The van der Waals surface area contributed by atoms with Gasteiger partial charge in [-0.3, -0.25) is 14.5 Å². The molecule has 2 rings (SSSR count). The summed E-state index contributed by atoms with van der Waals surface area (Å²) in [4.78, 5) is 24.3. The summed E-state index contributed by atoms with van der Waals surface area (Å²) < 4.78 is 0. The second kappa shape index (κ2) is 5.40. The van der Waals surface area contributed by atoms with Crippen molar-refractivity contribution in [2.45, 2.75) is 31.8 Å². The summed E-state index contributed by atoms with van der Waals surface area (Å²) >= 11 is 0. The number of likely N-dealkylation sites (tertiary alicyclic amines) is 1. The number of phenols is 1. The lowest BCUT2D eigenvalue weighted by Crippen LogP contribution is -2.42. The molecule has 2 N–H and O–H groups in total. The fourth-order valence-electron chi connectivity index (χ4n) is 2.27. The summed E-state index contributed by atoms with van der Waals surface area (Å²) in [7, 11) is 1.51. The molecule has 102 valence electrons. The number of nitrogens with zero attached hydrogens (tertiary/aromatic N) is 1. The van der Waals surface area contributed by atoms with Gasteiger partial charge >= 0.3 is 0 Å². The van der Waals surface area contributed by atoms with Crippen LogP contribution in [0.1, 0.15) is 18.9 Å². The average Bonchev–Trinajstić information content (AvgIpc) is 2.60. The zero-order valence-electron chi connectivity index (χ0n) is 11.1. The third kappa shape index (κ3) is 3.12. The van der Waals surface area contributed by atoms with E-state index in [0.717, 1.165) is 12.0 Å². The fraction of sp³-hybridized carbons (Fsp3) is 0.429. The van der Waals surface area contributed by atoms with E-state index >= 15 is 0 Å². The number of carbonyl (C=O) groups is 2. The quantitative estimate of drug-likeness (QED) is 0.783. The molecule has 5 nitrogen and oxygen atoms in total. The van der Waals surface area contributed by atoms with E-state index in [1.807, 2.05) is 19.1 Å². The lowest BCUT2D eigenvalue weighted by Gasteiger charge is -2.18. The summed E-state index contributed by atoms with van der Waals surface area (Å²) in [6.07, 6.45) is 0.969. The molecule has 0 aromatic heterocycles. The van der Waals surface area contributed by atoms with E-state index in [1.54, 1.807) is 12.1 Å². The highest BCUT2D eigenvalue weighted by molar-refractivity contribution is 6.05. The Morgan fingerprint density at radius 2 is 2.00 bits per heavy atom. The van der Waals surface area contributed by atoms with E-state index in [0.29, 0.717) is 0 Å². The summed E-state index contributed by atoms with van der Waals surface area (Å²) in [5.74, 6) is -0.0653. The van der Waals surface area contributed by atoms with Gasteiger partial charge in [-0.25, -0.2) is 0 Å². The minimum atomic E-state index is -0.412. The summed E-state index contributed by atoms with van der Waals surface area (Å²) in [6, 6.07) is 6.64. The van der Waals surface area contributed by atoms with Crippen LogP contribution in [0.5, 0.6) is 5.75 Å². The molecule has 1 aromatic carbocycles. The highest BCUT2D eigenvalue weighted by atomic mass is 16.3. The Balaban J connectivity index is 1.91. The van der Waals surface area contributed by atoms with Crippen LogP contribution in [-0.2, 0) is 16.0 Å². The van der Waals surface area contributed by atoms with Crippen LogP contribution in [-0.4, -0.2) is 41.0 Å². The monoisotopic (exact) mass is 262 g/mol. The number of hydrogen-bond acceptors (Lipinski definition) is 4. The molecular weight excluding hydrogens is 244 g/mol. The van der Waals surface area contributed by atoms with Gasteiger partial charge in [0.2, 0.25) is 11.8 Å². The highest BCUT2D eigenvalue weighted by Crippen LogP contribution is 2.14. The lowest BCUT2D eigenvalue weighted by atomic mass is 10.1. The second-order valence-electron chi connectivity index (χ2n) is 4.99. The number of aromatic hydroxyl groups is 1. The normalized spacial score (nSPS) is 20.9. The van der Waals surface area contributed by atoms with Gasteiger partial charge in [-0.15, -0.1) is 0 Å². The predicted octanol–water partition coefficient (Wildman–Crippen LogP) is 0.670. The van der Waals surface area contributed by atoms with Gasteiger partial charge in [-0.2, -0.15) is 0 Å². The van der Waals surface area contributed by atoms with Gasteiger partial charge in [0.05, 0.1) is 12.5 Å². The third-order valence-corrected chi connectivity index (χ3v) is 3.35. The Labute approximate surface area is 112 Å². The van der Waals surface area contributed by atoms with E-state index in [-0.39, 0.29) is 30.0 Å². The first-order valence-electron chi connectivity index (χ1n) is 6.31. The smallest absolute Gasteiger partial charge is 0.246 e. The molecule has 0 radical (unpaired) electrons. The number of amides is 2. The van der Waals surface area contributed by atoms with E-state index in [2.05, 4.69) is 5.32 Å². The van der Waals surface area contributed by atoms with E-state index in [1.165, 1.54) is 11.9 Å². The van der Waals surface area contributed by atoms with Crippen molar-refractivity contribution in [3.8, 4) is 5.75 Å². The minimum Gasteiger partial charge on any atom is -0.508 e.